The molecule has 8 heteroatoms. The van der Waals surface area contributed by atoms with Gasteiger partial charge in [-0.05, 0) is 54.3 Å². The maximum absolute atomic E-state index is 15.5. The summed E-state index contributed by atoms with van der Waals surface area (Å²) in [5.74, 6) is -0.704. The van der Waals surface area contributed by atoms with Gasteiger partial charge in [0.15, 0.2) is 5.78 Å². The molecule has 2 N–H and O–H groups in total. The van der Waals surface area contributed by atoms with Crippen molar-refractivity contribution in [2.75, 3.05) is 15.5 Å². The van der Waals surface area contributed by atoms with Crippen LogP contribution in [0.5, 0.6) is 0 Å². The van der Waals surface area contributed by atoms with Gasteiger partial charge in [0.1, 0.15) is 5.82 Å². The molecule has 4 aromatic rings. The lowest BCUT2D eigenvalue weighted by Gasteiger charge is -2.35. The van der Waals surface area contributed by atoms with Gasteiger partial charge in [-0.3, -0.25) is 9.69 Å². The Labute approximate surface area is 241 Å². The number of Topliss-reactive ketones (excluding diaryl/α,β-unsaturated/α-hetero) is 1. The normalized spacial score (nSPS) is 18.4. The number of carbonyl (C=O) groups excluding carboxylic acids is 2. The minimum absolute atomic E-state index is 0.0510. The van der Waals surface area contributed by atoms with Crippen LogP contribution >= 0.6 is 23.2 Å². The molecule has 0 unspecified atom stereocenters. The largest absolute Gasteiger partial charge is 0.357 e. The molecule has 1 heterocycles. The SMILES string of the molecule is O=C1C[C@H](c2ccccc2)CC2=C1[C@H](c1ccccc1F)N(C(=O)Nc1ccc(Cl)c(Cl)c1)c1ccccc1N2. The standard InChI is InChI=1S/C32H24Cl2FN3O2/c33-23-15-14-21(18-24(23)34)36-32(40)38-28-13-7-6-12-26(28)37-27-16-20(19-8-2-1-3-9-19)17-29(39)30(27)31(38)22-10-4-5-11-25(22)35/h1-15,18,20,31,37H,16-17H2,(H,36,40)/t20-,31+/m1/s1. The van der Waals surface area contributed by atoms with Gasteiger partial charge in [-0.15, -0.1) is 0 Å². The van der Waals surface area contributed by atoms with Crippen molar-refractivity contribution in [2.45, 2.75) is 24.8 Å². The minimum Gasteiger partial charge on any atom is -0.357 e. The second-order valence-electron chi connectivity index (χ2n) is 9.83. The number of hydrogen-bond donors (Lipinski definition) is 2. The van der Waals surface area contributed by atoms with E-state index in [0.717, 1.165) is 5.56 Å². The van der Waals surface area contributed by atoms with Crippen molar-refractivity contribution in [1.82, 2.24) is 0 Å². The number of rotatable bonds is 3. The van der Waals surface area contributed by atoms with Crippen LogP contribution in [0.25, 0.3) is 0 Å². The summed E-state index contributed by atoms with van der Waals surface area (Å²) in [7, 11) is 0. The number of amides is 2. The van der Waals surface area contributed by atoms with Crippen LogP contribution in [0.1, 0.15) is 35.9 Å². The first-order valence-corrected chi connectivity index (χ1v) is 13.6. The van der Waals surface area contributed by atoms with Crippen LogP contribution in [-0.2, 0) is 4.79 Å². The molecule has 0 spiro atoms. The molecule has 0 fully saturated rings. The molecule has 2 atom stereocenters. The highest BCUT2D eigenvalue weighted by Crippen LogP contribution is 2.48. The minimum atomic E-state index is -1.01. The van der Waals surface area contributed by atoms with Crippen molar-refractivity contribution in [3.63, 3.8) is 0 Å². The maximum atomic E-state index is 15.5. The molecule has 0 aromatic heterocycles. The Morgan fingerprint density at radius 2 is 1.60 bits per heavy atom. The smallest absolute Gasteiger partial charge is 0.327 e. The molecule has 40 heavy (non-hydrogen) atoms. The third-order valence-corrected chi connectivity index (χ3v) is 8.09. The Kier molecular flexibility index (Phi) is 7.05. The summed E-state index contributed by atoms with van der Waals surface area (Å²) in [5, 5.41) is 6.96. The van der Waals surface area contributed by atoms with Gasteiger partial charge in [0.2, 0.25) is 0 Å². The van der Waals surface area contributed by atoms with Gasteiger partial charge >= 0.3 is 6.03 Å². The van der Waals surface area contributed by atoms with Crippen LogP contribution in [0.4, 0.5) is 26.2 Å². The van der Waals surface area contributed by atoms with Gasteiger partial charge in [0.05, 0.1) is 27.5 Å². The maximum Gasteiger partial charge on any atom is 0.327 e. The second kappa shape index (κ2) is 10.8. The zero-order valence-electron chi connectivity index (χ0n) is 21.2. The van der Waals surface area contributed by atoms with E-state index >= 15 is 4.39 Å². The summed E-state index contributed by atoms with van der Waals surface area (Å²) in [6, 6.07) is 26.6. The van der Waals surface area contributed by atoms with Crippen LogP contribution < -0.4 is 15.5 Å². The van der Waals surface area contributed by atoms with Crippen molar-refractivity contribution in [1.29, 1.82) is 0 Å². The number of ketones is 1. The lowest BCUT2D eigenvalue weighted by molar-refractivity contribution is -0.116. The first kappa shape index (κ1) is 26.1. The van der Waals surface area contributed by atoms with E-state index in [4.69, 9.17) is 23.2 Å². The van der Waals surface area contributed by atoms with E-state index in [0.29, 0.717) is 39.8 Å². The number of fused-ring (bicyclic) bond motifs is 1. The first-order valence-electron chi connectivity index (χ1n) is 12.9. The molecule has 0 bridgehead atoms. The van der Waals surface area contributed by atoms with Crippen molar-refractivity contribution in [3.05, 3.63) is 135 Å². The van der Waals surface area contributed by atoms with E-state index in [9.17, 15) is 9.59 Å². The van der Waals surface area contributed by atoms with E-state index < -0.39 is 17.9 Å². The highest BCUT2D eigenvalue weighted by molar-refractivity contribution is 6.42. The molecule has 2 aliphatic rings. The van der Waals surface area contributed by atoms with Gasteiger partial charge in [-0.1, -0.05) is 83.9 Å². The summed E-state index contributed by atoms with van der Waals surface area (Å²) in [5.41, 5.74) is 3.89. The number of para-hydroxylation sites is 2. The van der Waals surface area contributed by atoms with Gasteiger partial charge in [-0.2, -0.15) is 0 Å². The molecule has 5 nitrogen and oxygen atoms in total. The molecule has 6 rings (SSSR count). The number of anilines is 3. The zero-order valence-corrected chi connectivity index (χ0v) is 22.7. The number of carbonyl (C=O) groups is 2. The molecule has 2 amide bonds. The average molecular weight is 572 g/mol. The molecular formula is C32H24Cl2FN3O2. The first-order chi connectivity index (χ1) is 19.4. The summed E-state index contributed by atoms with van der Waals surface area (Å²) < 4.78 is 15.5. The molecule has 200 valence electrons. The lowest BCUT2D eigenvalue weighted by Crippen LogP contribution is -2.41. The van der Waals surface area contributed by atoms with Gasteiger partial charge in [-0.25, -0.2) is 9.18 Å². The summed E-state index contributed by atoms with van der Waals surface area (Å²) in [4.78, 5) is 29.6. The Bertz CT molecular complexity index is 1660. The third-order valence-electron chi connectivity index (χ3n) is 7.35. The average Bonchev–Trinajstić information content (AvgIpc) is 3.10. The number of nitrogens with one attached hydrogen (secondary N) is 2. The fourth-order valence-corrected chi connectivity index (χ4v) is 5.82. The molecule has 0 saturated carbocycles. The van der Waals surface area contributed by atoms with E-state index in [1.54, 1.807) is 48.5 Å². The predicted molar refractivity (Wildman–Crippen MR) is 158 cm³/mol. The van der Waals surface area contributed by atoms with Gasteiger partial charge < -0.3 is 10.6 Å². The fourth-order valence-electron chi connectivity index (χ4n) is 5.52. The lowest BCUT2D eigenvalue weighted by atomic mass is 9.78. The number of halogens is 3. The van der Waals surface area contributed by atoms with E-state index in [1.807, 2.05) is 42.5 Å². The van der Waals surface area contributed by atoms with Gasteiger partial charge in [0, 0.05) is 28.9 Å². The monoisotopic (exact) mass is 571 g/mol. The van der Waals surface area contributed by atoms with E-state index in [2.05, 4.69) is 10.6 Å². The predicted octanol–water partition coefficient (Wildman–Crippen LogP) is 8.74. The highest BCUT2D eigenvalue weighted by atomic mass is 35.5. The highest BCUT2D eigenvalue weighted by Gasteiger charge is 2.42. The number of urea groups is 1. The molecule has 0 radical (unpaired) electrons. The van der Waals surface area contributed by atoms with Crippen LogP contribution in [0.2, 0.25) is 10.0 Å². The molecule has 1 aliphatic heterocycles. The molecule has 1 aliphatic carbocycles. The summed E-state index contributed by atoms with van der Waals surface area (Å²) >= 11 is 12.3. The number of hydrogen-bond acceptors (Lipinski definition) is 3. The molecular weight excluding hydrogens is 548 g/mol. The Morgan fingerprint density at radius 3 is 2.38 bits per heavy atom. The Balaban J connectivity index is 1.52. The molecule has 0 saturated heterocycles. The molecule has 4 aromatic carbocycles. The van der Waals surface area contributed by atoms with Crippen molar-refractivity contribution in [3.8, 4) is 0 Å². The topological polar surface area (TPSA) is 61.4 Å². The van der Waals surface area contributed by atoms with E-state index in [1.165, 1.54) is 11.0 Å². The van der Waals surface area contributed by atoms with Crippen LogP contribution in [-0.4, -0.2) is 11.8 Å². The number of nitrogens with zero attached hydrogens (tertiary/aromatic N) is 1. The summed E-state index contributed by atoms with van der Waals surface area (Å²) in [6.45, 7) is 0. The summed E-state index contributed by atoms with van der Waals surface area (Å²) in [6.07, 6.45) is 0.778. The van der Waals surface area contributed by atoms with Crippen molar-refractivity contribution in [2.24, 2.45) is 0 Å². The fraction of sp³-hybridized carbons (Fsp3) is 0.125. The number of allylic oxidation sites excluding steroid dienone is 1. The number of benzene rings is 4. The van der Waals surface area contributed by atoms with Crippen molar-refractivity contribution >= 4 is 52.1 Å². The quantitative estimate of drug-likeness (QED) is 0.258. The van der Waals surface area contributed by atoms with Crippen LogP contribution in [0.3, 0.4) is 0 Å². The van der Waals surface area contributed by atoms with E-state index in [-0.39, 0.29) is 28.7 Å². The zero-order chi connectivity index (χ0) is 27.8. The van der Waals surface area contributed by atoms with Crippen LogP contribution in [0.15, 0.2) is 108 Å². The second-order valence-corrected chi connectivity index (χ2v) is 10.6. The van der Waals surface area contributed by atoms with Crippen LogP contribution in [0, 0.1) is 5.82 Å². The van der Waals surface area contributed by atoms with Crippen molar-refractivity contribution < 1.29 is 14.0 Å². The third kappa shape index (κ3) is 4.85. The van der Waals surface area contributed by atoms with Gasteiger partial charge in [0.25, 0.3) is 0 Å². The Hall–Kier alpha value is -4.13. The Morgan fingerprint density at radius 1 is 0.875 bits per heavy atom.